The molecular formula is C20H24N4O2. The predicted octanol–water partition coefficient (Wildman–Crippen LogP) is 2.35. The Hall–Kier alpha value is -2.76. The lowest BCUT2D eigenvalue weighted by molar-refractivity contribution is -0.131. The molecule has 0 radical (unpaired) electrons. The number of ketones is 1. The summed E-state index contributed by atoms with van der Waals surface area (Å²) in [5.41, 5.74) is 1.89. The maximum Gasteiger partial charge on any atom is 0.223 e. The Balaban J connectivity index is 1.46. The van der Waals surface area contributed by atoms with E-state index < -0.39 is 0 Å². The van der Waals surface area contributed by atoms with Gasteiger partial charge in [0.25, 0.3) is 0 Å². The molecule has 0 atom stereocenters. The minimum Gasteiger partial charge on any atom is -0.352 e. The topological polar surface area (TPSA) is 66.4 Å². The Morgan fingerprint density at radius 2 is 1.73 bits per heavy atom. The molecule has 2 heterocycles. The fraction of sp³-hybridized carbons (Fsp3) is 0.400. The SMILES string of the molecule is CCc1ccc(C(=O)CCC(=O)N2CCN(c3cnccn3)CC2)cc1. The van der Waals surface area contributed by atoms with Crippen molar-refractivity contribution in [2.24, 2.45) is 0 Å². The number of piperazine rings is 1. The van der Waals surface area contributed by atoms with Crippen LogP contribution in [0.1, 0.15) is 35.7 Å². The van der Waals surface area contributed by atoms with E-state index in [4.69, 9.17) is 0 Å². The van der Waals surface area contributed by atoms with Gasteiger partial charge in [-0.1, -0.05) is 31.2 Å². The molecule has 1 aromatic heterocycles. The zero-order chi connectivity index (χ0) is 18.4. The van der Waals surface area contributed by atoms with Crippen molar-refractivity contribution in [1.29, 1.82) is 0 Å². The highest BCUT2D eigenvalue weighted by Gasteiger charge is 2.22. The van der Waals surface area contributed by atoms with Gasteiger partial charge in [0.15, 0.2) is 5.78 Å². The molecule has 1 aliphatic heterocycles. The van der Waals surface area contributed by atoms with Crippen molar-refractivity contribution in [2.75, 3.05) is 31.1 Å². The van der Waals surface area contributed by atoms with Crippen LogP contribution in [0.4, 0.5) is 5.82 Å². The number of hydrogen-bond donors (Lipinski definition) is 0. The van der Waals surface area contributed by atoms with Crippen molar-refractivity contribution in [1.82, 2.24) is 14.9 Å². The highest BCUT2D eigenvalue weighted by molar-refractivity contribution is 5.98. The van der Waals surface area contributed by atoms with Crippen molar-refractivity contribution in [3.05, 3.63) is 54.0 Å². The number of benzene rings is 1. The number of Topliss-reactive ketones (excluding diaryl/α,β-unsaturated/α-hetero) is 1. The number of carbonyl (C=O) groups excluding carboxylic acids is 2. The van der Waals surface area contributed by atoms with Crippen LogP contribution in [-0.2, 0) is 11.2 Å². The quantitative estimate of drug-likeness (QED) is 0.747. The Morgan fingerprint density at radius 1 is 1.00 bits per heavy atom. The summed E-state index contributed by atoms with van der Waals surface area (Å²) in [5, 5.41) is 0. The van der Waals surface area contributed by atoms with E-state index in [1.54, 1.807) is 18.6 Å². The third kappa shape index (κ3) is 4.45. The van der Waals surface area contributed by atoms with Crippen LogP contribution in [0.2, 0.25) is 0 Å². The van der Waals surface area contributed by atoms with Gasteiger partial charge in [-0.25, -0.2) is 4.98 Å². The van der Waals surface area contributed by atoms with E-state index >= 15 is 0 Å². The zero-order valence-corrected chi connectivity index (χ0v) is 15.1. The summed E-state index contributed by atoms with van der Waals surface area (Å²) in [6.07, 6.45) is 6.53. The van der Waals surface area contributed by atoms with Crippen molar-refractivity contribution in [3.63, 3.8) is 0 Å². The zero-order valence-electron chi connectivity index (χ0n) is 15.1. The minimum atomic E-state index is 0.0270. The van der Waals surface area contributed by atoms with Crippen LogP contribution in [-0.4, -0.2) is 52.7 Å². The van der Waals surface area contributed by atoms with E-state index in [-0.39, 0.29) is 24.5 Å². The lowest BCUT2D eigenvalue weighted by atomic mass is 10.0. The van der Waals surface area contributed by atoms with E-state index in [1.165, 1.54) is 5.56 Å². The Labute approximate surface area is 153 Å². The molecule has 0 spiro atoms. The summed E-state index contributed by atoms with van der Waals surface area (Å²) in [7, 11) is 0. The van der Waals surface area contributed by atoms with Gasteiger partial charge in [-0.2, -0.15) is 0 Å². The van der Waals surface area contributed by atoms with Gasteiger partial charge in [0.05, 0.1) is 6.20 Å². The summed E-state index contributed by atoms with van der Waals surface area (Å²) in [6.45, 7) is 4.84. The van der Waals surface area contributed by atoms with Gasteiger partial charge in [-0.15, -0.1) is 0 Å². The maximum absolute atomic E-state index is 12.4. The Kier molecular flexibility index (Phi) is 5.94. The van der Waals surface area contributed by atoms with E-state index in [1.807, 2.05) is 29.2 Å². The first-order chi connectivity index (χ1) is 12.7. The largest absolute Gasteiger partial charge is 0.352 e. The summed E-state index contributed by atoms with van der Waals surface area (Å²) < 4.78 is 0. The lowest BCUT2D eigenvalue weighted by Gasteiger charge is -2.35. The molecule has 6 heteroatoms. The monoisotopic (exact) mass is 352 g/mol. The molecule has 1 aromatic carbocycles. The Bertz CT molecular complexity index is 738. The number of hydrogen-bond acceptors (Lipinski definition) is 5. The van der Waals surface area contributed by atoms with Crippen LogP contribution < -0.4 is 4.90 Å². The van der Waals surface area contributed by atoms with Crippen molar-refractivity contribution < 1.29 is 9.59 Å². The maximum atomic E-state index is 12.4. The second-order valence-corrected chi connectivity index (χ2v) is 6.41. The Morgan fingerprint density at radius 3 is 2.35 bits per heavy atom. The number of amides is 1. The summed E-state index contributed by atoms with van der Waals surface area (Å²) >= 11 is 0. The van der Waals surface area contributed by atoms with Gasteiger partial charge in [-0.3, -0.25) is 14.6 Å². The number of nitrogens with zero attached hydrogens (tertiary/aromatic N) is 4. The first kappa shape index (κ1) is 18.0. The first-order valence-corrected chi connectivity index (χ1v) is 9.08. The molecule has 26 heavy (non-hydrogen) atoms. The smallest absolute Gasteiger partial charge is 0.223 e. The average Bonchev–Trinajstić information content (AvgIpc) is 2.72. The second-order valence-electron chi connectivity index (χ2n) is 6.41. The van der Waals surface area contributed by atoms with Gasteiger partial charge in [-0.05, 0) is 12.0 Å². The van der Waals surface area contributed by atoms with Gasteiger partial charge in [0.1, 0.15) is 5.82 Å². The molecule has 1 aliphatic rings. The highest BCUT2D eigenvalue weighted by atomic mass is 16.2. The summed E-state index contributed by atoms with van der Waals surface area (Å²) in [4.78, 5) is 37.0. The van der Waals surface area contributed by atoms with Crippen molar-refractivity contribution >= 4 is 17.5 Å². The molecule has 136 valence electrons. The van der Waals surface area contributed by atoms with E-state index in [0.717, 1.165) is 25.3 Å². The van der Waals surface area contributed by atoms with Crippen LogP contribution in [0.15, 0.2) is 42.9 Å². The second kappa shape index (κ2) is 8.56. The molecular weight excluding hydrogens is 328 g/mol. The molecule has 0 N–H and O–H groups in total. The fourth-order valence-corrected chi connectivity index (χ4v) is 3.09. The minimum absolute atomic E-state index is 0.0270. The number of carbonyl (C=O) groups is 2. The molecule has 3 rings (SSSR count). The van der Waals surface area contributed by atoms with Gasteiger partial charge < -0.3 is 9.80 Å². The van der Waals surface area contributed by atoms with Crippen LogP contribution in [0.25, 0.3) is 0 Å². The molecule has 0 bridgehead atoms. The van der Waals surface area contributed by atoms with E-state index in [0.29, 0.717) is 18.7 Å². The standard InChI is InChI=1S/C20H24N4O2/c1-2-16-3-5-17(6-4-16)18(25)7-8-20(26)24-13-11-23(12-14-24)19-15-21-9-10-22-19/h3-6,9-10,15H,2,7-8,11-14H2,1H3. The highest BCUT2D eigenvalue weighted by Crippen LogP contribution is 2.14. The van der Waals surface area contributed by atoms with Crippen LogP contribution in [0.5, 0.6) is 0 Å². The van der Waals surface area contributed by atoms with Gasteiger partial charge in [0, 0.05) is 57.0 Å². The molecule has 1 saturated heterocycles. The third-order valence-electron chi connectivity index (χ3n) is 4.76. The lowest BCUT2D eigenvalue weighted by Crippen LogP contribution is -2.49. The number of rotatable bonds is 6. The van der Waals surface area contributed by atoms with Crippen LogP contribution in [0.3, 0.4) is 0 Å². The van der Waals surface area contributed by atoms with E-state index in [2.05, 4.69) is 21.8 Å². The molecule has 6 nitrogen and oxygen atoms in total. The number of aryl methyl sites for hydroxylation is 1. The summed E-state index contributed by atoms with van der Waals surface area (Å²) in [5.74, 6) is 0.909. The van der Waals surface area contributed by atoms with Crippen LogP contribution in [0, 0.1) is 0 Å². The first-order valence-electron chi connectivity index (χ1n) is 9.08. The predicted molar refractivity (Wildman–Crippen MR) is 100 cm³/mol. The molecule has 2 aromatic rings. The van der Waals surface area contributed by atoms with Gasteiger partial charge in [0.2, 0.25) is 5.91 Å². The van der Waals surface area contributed by atoms with Crippen molar-refractivity contribution in [2.45, 2.75) is 26.2 Å². The van der Waals surface area contributed by atoms with Gasteiger partial charge >= 0.3 is 0 Å². The molecule has 0 aliphatic carbocycles. The molecule has 1 fully saturated rings. The average molecular weight is 352 g/mol. The molecule has 0 unspecified atom stereocenters. The summed E-state index contributed by atoms with van der Waals surface area (Å²) in [6, 6.07) is 7.65. The van der Waals surface area contributed by atoms with Crippen molar-refractivity contribution in [3.8, 4) is 0 Å². The van der Waals surface area contributed by atoms with E-state index in [9.17, 15) is 9.59 Å². The molecule has 1 amide bonds. The number of anilines is 1. The normalized spacial score (nSPS) is 14.3. The fourth-order valence-electron chi connectivity index (χ4n) is 3.09. The molecule has 0 saturated carbocycles. The van der Waals surface area contributed by atoms with Crippen LogP contribution >= 0.6 is 0 Å². The number of aromatic nitrogens is 2. The third-order valence-corrected chi connectivity index (χ3v) is 4.76.